The number of hydrogen-bond donors (Lipinski definition) is 1. The maximum absolute atomic E-state index is 14.7. The van der Waals surface area contributed by atoms with Crippen molar-refractivity contribution in [2.45, 2.75) is 49.7 Å². The summed E-state index contributed by atoms with van der Waals surface area (Å²) in [5, 5.41) is 9.72. The van der Waals surface area contributed by atoms with Crippen molar-refractivity contribution in [1.82, 2.24) is 4.90 Å². The third kappa shape index (κ3) is 4.68. The predicted molar refractivity (Wildman–Crippen MR) is 169 cm³/mol. The van der Waals surface area contributed by atoms with E-state index in [1.807, 2.05) is 88.4 Å². The molecule has 9 heteroatoms. The molecule has 6 rings (SSSR count). The molecular weight excluding hydrogens is 562 g/mol. The number of aliphatic hydroxyl groups is 1. The van der Waals surface area contributed by atoms with Crippen LogP contribution in [0.3, 0.4) is 0 Å². The van der Waals surface area contributed by atoms with E-state index in [1.165, 1.54) is 0 Å². The number of carbonyl (C=O) groups excluding carboxylic acids is 3. The van der Waals surface area contributed by atoms with Gasteiger partial charge in [0.25, 0.3) is 5.91 Å². The fraction of sp³-hybridized carbons (Fsp3) is 0.441. The first-order chi connectivity index (χ1) is 20.6. The van der Waals surface area contributed by atoms with Gasteiger partial charge in [-0.05, 0) is 75.6 Å². The van der Waals surface area contributed by atoms with E-state index in [1.54, 1.807) is 26.5 Å². The number of aliphatic hydroxyl groups excluding tert-OH is 1. The number of hydrogen-bond acceptors (Lipinski definition) is 6. The molecule has 2 aromatic carbocycles. The molecule has 0 bridgehead atoms. The molecule has 4 heterocycles. The Morgan fingerprint density at radius 2 is 1.65 bits per heavy atom. The lowest BCUT2D eigenvalue weighted by Gasteiger charge is -2.37. The zero-order valence-electron chi connectivity index (χ0n) is 25.2. The number of anilines is 2. The van der Waals surface area contributed by atoms with Crippen molar-refractivity contribution in [3.05, 3.63) is 77.9 Å². The smallest absolute Gasteiger partial charge is 0.251 e. The van der Waals surface area contributed by atoms with E-state index in [9.17, 15) is 19.5 Å². The van der Waals surface area contributed by atoms with Gasteiger partial charge in [0.1, 0.15) is 11.8 Å². The summed E-state index contributed by atoms with van der Waals surface area (Å²) in [5.74, 6) is -1.16. The number of aryl methyl sites for hydroxylation is 2. The largest absolute Gasteiger partial charge is 0.494 e. The lowest BCUT2D eigenvalue weighted by Crippen LogP contribution is -2.53. The van der Waals surface area contributed by atoms with Crippen molar-refractivity contribution in [1.29, 1.82) is 0 Å². The summed E-state index contributed by atoms with van der Waals surface area (Å²) in [7, 11) is 0. The minimum absolute atomic E-state index is 0.0969. The minimum Gasteiger partial charge on any atom is -0.494 e. The monoisotopic (exact) mass is 601 g/mol. The Labute approximate surface area is 257 Å². The quantitative estimate of drug-likeness (QED) is 0.477. The summed E-state index contributed by atoms with van der Waals surface area (Å²) in [5.41, 5.74) is 3.59. The first-order valence-electron chi connectivity index (χ1n) is 15.0. The lowest BCUT2D eigenvalue weighted by atomic mass is 9.74. The molecule has 1 spiro atoms. The van der Waals surface area contributed by atoms with Crippen molar-refractivity contribution < 1.29 is 24.2 Å². The number of likely N-dealkylation sites (tertiary alicyclic amines) is 1. The van der Waals surface area contributed by atoms with Crippen molar-refractivity contribution in [3.8, 4) is 5.75 Å². The number of thioether (sulfide) groups is 1. The zero-order valence-corrected chi connectivity index (χ0v) is 26.0. The minimum atomic E-state index is -0.933. The Bertz CT molecular complexity index is 1510. The molecule has 0 saturated carbocycles. The SMILES string of the molecule is CCOc1ccc(N2CC=C[C@]3(C)S[C@]45C=CCN(c6cc(C)ccc6C)C(=O)C4N(CCCO)C(=O)[C@@H]5[C@@H]3C2=O)cc1. The topological polar surface area (TPSA) is 90.4 Å². The molecule has 0 aliphatic carbocycles. The molecular formula is C34H39N3O5S. The first kappa shape index (κ1) is 29.5. The van der Waals surface area contributed by atoms with E-state index in [0.29, 0.717) is 26.1 Å². The van der Waals surface area contributed by atoms with Gasteiger partial charge in [-0.25, -0.2) is 0 Å². The molecule has 3 amide bonds. The van der Waals surface area contributed by atoms with Crippen molar-refractivity contribution in [3.63, 3.8) is 0 Å². The molecule has 226 valence electrons. The maximum Gasteiger partial charge on any atom is 0.251 e. The highest BCUT2D eigenvalue weighted by molar-refractivity contribution is 8.02. The van der Waals surface area contributed by atoms with Gasteiger partial charge in [-0.1, -0.05) is 36.4 Å². The van der Waals surface area contributed by atoms with Crippen LogP contribution in [0, 0.1) is 25.7 Å². The predicted octanol–water partition coefficient (Wildman–Crippen LogP) is 4.28. The van der Waals surface area contributed by atoms with Gasteiger partial charge in [-0.3, -0.25) is 14.4 Å². The Morgan fingerprint density at radius 3 is 2.37 bits per heavy atom. The van der Waals surface area contributed by atoms with Crippen LogP contribution in [0.25, 0.3) is 0 Å². The summed E-state index contributed by atoms with van der Waals surface area (Å²) < 4.78 is 3.97. The van der Waals surface area contributed by atoms with Crippen LogP contribution in [0.2, 0.25) is 0 Å². The molecule has 0 aromatic heterocycles. The standard InChI is InChI=1S/C34H39N3O5S/c1-5-42-25-13-11-24(12-14-25)35-17-6-15-33(4)27(30(35)39)28-31(40)37(19-8-20-38)29-32(41)36(18-7-16-34(28,29)43-33)26-21-22(2)9-10-23(26)3/h6-7,9-16,21,27-29,38H,5,8,17-20H2,1-4H3/t27-,28+,29?,33+,34+/m1/s1. The number of benzene rings is 2. The number of fused-ring (bicyclic) bond motifs is 2. The average Bonchev–Trinajstić information content (AvgIpc) is 3.25. The van der Waals surface area contributed by atoms with Crippen LogP contribution in [0.5, 0.6) is 5.75 Å². The summed E-state index contributed by atoms with van der Waals surface area (Å²) in [6.45, 7) is 9.40. The highest BCUT2D eigenvalue weighted by Gasteiger charge is 2.74. The Hall–Kier alpha value is -3.56. The van der Waals surface area contributed by atoms with Gasteiger partial charge < -0.3 is 24.5 Å². The van der Waals surface area contributed by atoms with Gasteiger partial charge in [0.05, 0.1) is 23.2 Å². The number of nitrogens with zero attached hydrogens (tertiary/aromatic N) is 3. The highest BCUT2D eigenvalue weighted by Crippen LogP contribution is 2.65. The van der Waals surface area contributed by atoms with E-state index in [0.717, 1.165) is 28.3 Å². The molecule has 2 aromatic rings. The third-order valence-corrected chi connectivity index (χ3v) is 11.0. The zero-order chi connectivity index (χ0) is 30.5. The molecule has 1 unspecified atom stereocenters. The second-order valence-electron chi connectivity index (χ2n) is 12.0. The molecule has 2 saturated heterocycles. The highest BCUT2D eigenvalue weighted by atomic mass is 32.2. The Kier molecular flexibility index (Phi) is 7.67. The van der Waals surface area contributed by atoms with Gasteiger partial charge in [0, 0.05) is 42.4 Å². The van der Waals surface area contributed by atoms with E-state index in [2.05, 4.69) is 6.08 Å². The number of carbonyl (C=O) groups is 3. The van der Waals surface area contributed by atoms with Crippen LogP contribution >= 0.6 is 11.8 Å². The van der Waals surface area contributed by atoms with Gasteiger partial charge in [0.15, 0.2) is 0 Å². The molecule has 1 N–H and O–H groups in total. The molecule has 5 atom stereocenters. The average molecular weight is 602 g/mol. The van der Waals surface area contributed by atoms with E-state index < -0.39 is 27.4 Å². The van der Waals surface area contributed by atoms with Crippen LogP contribution in [-0.4, -0.2) is 76.1 Å². The molecule has 4 aliphatic rings. The molecule has 8 nitrogen and oxygen atoms in total. The van der Waals surface area contributed by atoms with Gasteiger partial charge >= 0.3 is 0 Å². The van der Waals surface area contributed by atoms with E-state index in [-0.39, 0.29) is 30.9 Å². The summed E-state index contributed by atoms with van der Waals surface area (Å²) in [6.07, 6.45) is 8.46. The Balaban J connectivity index is 1.44. The second-order valence-corrected chi connectivity index (χ2v) is 13.8. The maximum atomic E-state index is 14.7. The summed E-state index contributed by atoms with van der Waals surface area (Å²) in [6, 6.07) is 12.7. The normalized spacial score (nSPS) is 29.8. The van der Waals surface area contributed by atoms with E-state index in [4.69, 9.17) is 4.74 Å². The fourth-order valence-corrected chi connectivity index (χ4v) is 9.51. The van der Waals surface area contributed by atoms with Crippen LogP contribution in [0.4, 0.5) is 11.4 Å². The third-order valence-electron chi connectivity index (χ3n) is 9.23. The van der Waals surface area contributed by atoms with Crippen LogP contribution in [0.15, 0.2) is 66.8 Å². The summed E-state index contributed by atoms with van der Waals surface area (Å²) in [4.78, 5) is 48.9. The van der Waals surface area contributed by atoms with Crippen LogP contribution in [0.1, 0.15) is 31.4 Å². The van der Waals surface area contributed by atoms with E-state index >= 15 is 0 Å². The van der Waals surface area contributed by atoms with Gasteiger partial charge in [0.2, 0.25) is 11.8 Å². The molecule has 4 aliphatic heterocycles. The number of ether oxygens (including phenoxy) is 1. The van der Waals surface area contributed by atoms with Gasteiger partial charge in [-0.2, -0.15) is 0 Å². The molecule has 0 radical (unpaired) electrons. The lowest BCUT2D eigenvalue weighted by molar-refractivity contribution is -0.139. The summed E-state index contributed by atoms with van der Waals surface area (Å²) >= 11 is 1.57. The fourth-order valence-electron chi connectivity index (χ4n) is 7.35. The van der Waals surface area contributed by atoms with Gasteiger partial charge in [-0.15, -0.1) is 11.8 Å². The second kappa shape index (κ2) is 11.2. The van der Waals surface area contributed by atoms with Crippen molar-refractivity contribution in [2.24, 2.45) is 11.8 Å². The molecule has 2 fully saturated rings. The number of rotatable bonds is 7. The van der Waals surface area contributed by atoms with Crippen LogP contribution < -0.4 is 14.5 Å². The van der Waals surface area contributed by atoms with Crippen molar-refractivity contribution >= 4 is 40.9 Å². The molecule has 43 heavy (non-hydrogen) atoms. The number of amides is 3. The van der Waals surface area contributed by atoms with Crippen molar-refractivity contribution in [2.75, 3.05) is 42.6 Å². The van der Waals surface area contributed by atoms with Crippen LogP contribution in [-0.2, 0) is 14.4 Å². The first-order valence-corrected chi connectivity index (χ1v) is 15.9. The Morgan fingerprint density at radius 1 is 0.930 bits per heavy atom.